The lowest BCUT2D eigenvalue weighted by Crippen LogP contribution is -2.09. The maximum Gasteiger partial charge on any atom is 0.107 e. The van der Waals surface area contributed by atoms with Gasteiger partial charge in [-0.2, -0.15) is 0 Å². The normalized spacial score (nSPS) is 17.9. The molecule has 1 unspecified atom stereocenters. The monoisotopic (exact) mass is 337 g/mol. The Kier molecular flexibility index (Phi) is 4.11. The van der Waals surface area contributed by atoms with Crippen LogP contribution in [-0.2, 0) is 6.42 Å². The molecule has 0 saturated carbocycles. The maximum absolute atomic E-state index is 6.05. The lowest BCUT2D eigenvalue weighted by Gasteiger charge is -2.21. The molecule has 1 aliphatic rings. The van der Waals surface area contributed by atoms with Gasteiger partial charge in [0.25, 0.3) is 0 Å². The molecule has 0 spiro atoms. The predicted octanol–water partition coefficient (Wildman–Crippen LogP) is 5.35. The van der Waals surface area contributed by atoms with Crippen LogP contribution >= 0.6 is 11.6 Å². The second-order valence-electron chi connectivity index (χ2n) is 6.60. The van der Waals surface area contributed by atoms with Gasteiger partial charge < -0.3 is 4.98 Å². The number of allylic oxidation sites excluding steroid dienone is 2. The van der Waals surface area contributed by atoms with E-state index >= 15 is 0 Å². The average Bonchev–Trinajstić information content (AvgIpc) is 2.97. The van der Waals surface area contributed by atoms with Crippen molar-refractivity contribution in [1.82, 2.24) is 15.0 Å². The molecule has 0 saturated heterocycles. The van der Waals surface area contributed by atoms with Crippen molar-refractivity contribution < 1.29 is 0 Å². The first kappa shape index (κ1) is 15.4. The van der Waals surface area contributed by atoms with Gasteiger partial charge in [-0.25, -0.2) is 4.98 Å². The van der Waals surface area contributed by atoms with Crippen molar-refractivity contribution in [3.8, 4) is 0 Å². The minimum absolute atomic E-state index is 0.646. The number of aromatic nitrogens is 3. The molecule has 0 radical (unpaired) electrons. The predicted molar refractivity (Wildman–Crippen MR) is 99.1 cm³/mol. The molecule has 4 rings (SSSR count). The second-order valence-corrected chi connectivity index (χ2v) is 7.04. The molecule has 1 aliphatic carbocycles. The van der Waals surface area contributed by atoms with Gasteiger partial charge in [-0.05, 0) is 73.6 Å². The number of hydrogen-bond donors (Lipinski definition) is 1. The number of aryl methyl sites for hydroxylation is 1. The molecular formula is C20H20ClN3. The molecule has 1 aromatic carbocycles. The summed E-state index contributed by atoms with van der Waals surface area (Å²) in [4.78, 5) is 12.4. The fourth-order valence-electron chi connectivity index (χ4n) is 3.49. The van der Waals surface area contributed by atoms with Crippen molar-refractivity contribution in [1.29, 1.82) is 0 Å². The molecule has 1 atom stereocenters. The summed E-state index contributed by atoms with van der Waals surface area (Å²) >= 11 is 6.05. The first-order valence-electron chi connectivity index (χ1n) is 8.43. The van der Waals surface area contributed by atoms with Crippen LogP contribution in [0.1, 0.15) is 36.3 Å². The van der Waals surface area contributed by atoms with E-state index in [1.165, 1.54) is 17.6 Å². The van der Waals surface area contributed by atoms with Crippen molar-refractivity contribution in [2.75, 3.05) is 0 Å². The number of imidazole rings is 1. The molecule has 3 aromatic rings. The van der Waals surface area contributed by atoms with Crippen LogP contribution in [0, 0.1) is 12.8 Å². The van der Waals surface area contributed by atoms with Crippen molar-refractivity contribution >= 4 is 28.2 Å². The Hall–Kier alpha value is -2.13. The van der Waals surface area contributed by atoms with E-state index in [-0.39, 0.29) is 0 Å². The standard InChI is InChI=1S/C20H20ClN3/c1-13-10-16(8-9-22-13)15-4-2-14(3-5-15)11-20-23-18-7-6-17(21)12-19(18)24-20/h4,6-10,12,14H,2-3,5,11H2,1H3,(H,23,24). The van der Waals surface area contributed by atoms with Crippen LogP contribution in [0.25, 0.3) is 16.6 Å². The second kappa shape index (κ2) is 6.40. The molecule has 122 valence electrons. The molecule has 24 heavy (non-hydrogen) atoms. The number of aromatic amines is 1. The Morgan fingerprint density at radius 2 is 2.17 bits per heavy atom. The third kappa shape index (κ3) is 3.22. The van der Waals surface area contributed by atoms with Crippen molar-refractivity contribution in [3.05, 3.63) is 64.7 Å². The average molecular weight is 338 g/mol. The molecule has 2 heterocycles. The molecule has 0 amide bonds. The third-order valence-corrected chi connectivity index (χ3v) is 5.00. The van der Waals surface area contributed by atoms with Crippen LogP contribution in [0.5, 0.6) is 0 Å². The number of rotatable bonds is 3. The first-order valence-corrected chi connectivity index (χ1v) is 8.81. The maximum atomic E-state index is 6.05. The highest BCUT2D eigenvalue weighted by Gasteiger charge is 2.17. The lowest BCUT2D eigenvalue weighted by atomic mass is 9.85. The molecule has 2 aromatic heterocycles. The van der Waals surface area contributed by atoms with E-state index in [0.29, 0.717) is 5.92 Å². The Morgan fingerprint density at radius 1 is 1.25 bits per heavy atom. The SMILES string of the molecule is Cc1cc(C2=CCC(Cc3nc4ccc(Cl)cc4[nH]3)CC2)ccn1. The van der Waals surface area contributed by atoms with E-state index in [9.17, 15) is 0 Å². The quantitative estimate of drug-likeness (QED) is 0.700. The highest BCUT2D eigenvalue weighted by atomic mass is 35.5. The van der Waals surface area contributed by atoms with Crippen LogP contribution in [0.2, 0.25) is 5.02 Å². The van der Waals surface area contributed by atoms with Gasteiger partial charge in [0.05, 0.1) is 11.0 Å². The van der Waals surface area contributed by atoms with Crippen LogP contribution in [0.4, 0.5) is 0 Å². The number of benzene rings is 1. The van der Waals surface area contributed by atoms with E-state index in [2.05, 4.69) is 28.2 Å². The first-order chi connectivity index (χ1) is 11.7. The molecule has 3 nitrogen and oxygen atoms in total. The minimum atomic E-state index is 0.646. The highest BCUT2D eigenvalue weighted by Crippen LogP contribution is 2.32. The summed E-state index contributed by atoms with van der Waals surface area (Å²) in [5, 5.41) is 0.746. The highest BCUT2D eigenvalue weighted by molar-refractivity contribution is 6.31. The Bertz CT molecular complexity index is 910. The van der Waals surface area contributed by atoms with Crippen LogP contribution in [-0.4, -0.2) is 15.0 Å². The van der Waals surface area contributed by atoms with Gasteiger partial charge >= 0.3 is 0 Å². The Balaban J connectivity index is 1.47. The number of nitrogens with zero attached hydrogens (tertiary/aromatic N) is 2. The summed E-state index contributed by atoms with van der Waals surface area (Å²) in [5.41, 5.74) is 5.87. The summed E-state index contributed by atoms with van der Waals surface area (Å²) in [6.07, 6.45) is 8.71. The van der Waals surface area contributed by atoms with E-state index in [1.54, 1.807) is 0 Å². The van der Waals surface area contributed by atoms with Gasteiger partial charge in [0.2, 0.25) is 0 Å². The van der Waals surface area contributed by atoms with E-state index in [4.69, 9.17) is 16.6 Å². The number of H-pyrrole nitrogens is 1. The minimum Gasteiger partial charge on any atom is -0.342 e. The zero-order valence-electron chi connectivity index (χ0n) is 13.7. The number of halogens is 1. The van der Waals surface area contributed by atoms with E-state index < -0.39 is 0 Å². The van der Waals surface area contributed by atoms with Crippen LogP contribution < -0.4 is 0 Å². The number of hydrogen-bond acceptors (Lipinski definition) is 2. The van der Waals surface area contributed by atoms with Gasteiger partial charge in [-0.1, -0.05) is 17.7 Å². The zero-order chi connectivity index (χ0) is 16.5. The summed E-state index contributed by atoms with van der Waals surface area (Å²) < 4.78 is 0. The van der Waals surface area contributed by atoms with Gasteiger partial charge in [-0.15, -0.1) is 0 Å². The molecule has 0 aliphatic heterocycles. The fourth-order valence-corrected chi connectivity index (χ4v) is 3.66. The molecule has 1 N–H and O–H groups in total. The number of pyridine rings is 1. The lowest BCUT2D eigenvalue weighted by molar-refractivity contribution is 0.474. The zero-order valence-corrected chi connectivity index (χ0v) is 14.5. The fraction of sp³-hybridized carbons (Fsp3) is 0.300. The topological polar surface area (TPSA) is 41.6 Å². The molecule has 0 bridgehead atoms. The Labute approximate surface area is 146 Å². The molecular weight excluding hydrogens is 318 g/mol. The van der Waals surface area contributed by atoms with E-state index in [0.717, 1.165) is 46.8 Å². The van der Waals surface area contributed by atoms with E-state index in [1.807, 2.05) is 31.3 Å². The van der Waals surface area contributed by atoms with Crippen molar-refractivity contribution in [2.45, 2.75) is 32.6 Å². The summed E-state index contributed by atoms with van der Waals surface area (Å²) in [6.45, 7) is 2.05. The van der Waals surface area contributed by atoms with Crippen LogP contribution in [0.3, 0.4) is 0 Å². The van der Waals surface area contributed by atoms with Gasteiger partial charge in [0.1, 0.15) is 5.82 Å². The third-order valence-electron chi connectivity index (χ3n) is 4.76. The molecule has 4 heteroatoms. The van der Waals surface area contributed by atoms with Gasteiger partial charge in [-0.3, -0.25) is 4.98 Å². The molecule has 0 fully saturated rings. The van der Waals surface area contributed by atoms with Crippen LogP contribution in [0.15, 0.2) is 42.6 Å². The summed E-state index contributed by atoms with van der Waals surface area (Å²) in [5.74, 6) is 1.71. The Morgan fingerprint density at radius 3 is 2.96 bits per heavy atom. The van der Waals surface area contributed by atoms with Crippen molar-refractivity contribution in [3.63, 3.8) is 0 Å². The van der Waals surface area contributed by atoms with Gasteiger partial charge in [0, 0.05) is 23.3 Å². The smallest absolute Gasteiger partial charge is 0.107 e. The largest absolute Gasteiger partial charge is 0.342 e. The number of nitrogens with one attached hydrogen (secondary N) is 1. The van der Waals surface area contributed by atoms with Crippen molar-refractivity contribution in [2.24, 2.45) is 5.92 Å². The number of fused-ring (bicyclic) bond motifs is 1. The summed E-state index contributed by atoms with van der Waals surface area (Å²) in [7, 11) is 0. The van der Waals surface area contributed by atoms with Gasteiger partial charge in [0.15, 0.2) is 0 Å². The summed E-state index contributed by atoms with van der Waals surface area (Å²) in [6, 6.07) is 10.1.